The van der Waals surface area contributed by atoms with Gasteiger partial charge < -0.3 is 14.2 Å². The maximum absolute atomic E-state index is 12.7. The number of esters is 1. The first kappa shape index (κ1) is 19.9. The molecule has 0 aliphatic carbocycles. The topological polar surface area (TPSA) is 79.7 Å². The van der Waals surface area contributed by atoms with Crippen molar-refractivity contribution in [1.29, 1.82) is 0 Å². The number of aromatic nitrogens is 2. The second-order valence-electron chi connectivity index (χ2n) is 8.76. The largest absolute Gasteiger partial charge is 0.452 e. The first-order valence-corrected chi connectivity index (χ1v) is 9.76. The Morgan fingerprint density at radius 2 is 1.93 bits per heavy atom. The van der Waals surface area contributed by atoms with Crippen molar-refractivity contribution < 1.29 is 23.8 Å². The molecular formula is C23H24N2O5. The second-order valence-corrected chi connectivity index (χ2v) is 8.76. The van der Waals surface area contributed by atoms with Crippen LogP contribution in [0.3, 0.4) is 0 Å². The van der Waals surface area contributed by atoms with E-state index < -0.39 is 23.5 Å². The molecule has 0 bridgehead atoms. The molecule has 0 spiro atoms. The first-order valence-electron chi connectivity index (χ1n) is 9.76. The number of ether oxygens (including phenoxy) is 3. The fraction of sp³-hybridized carbons (Fsp3) is 0.348. The van der Waals surface area contributed by atoms with Gasteiger partial charge in [-0.1, -0.05) is 18.2 Å². The Morgan fingerprint density at radius 3 is 2.67 bits per heavy atom. The molecule has 3 aromatic rings. The van der Waals surface area contributed by atoms with Crippen molar-refractivity contribution >= 4 is 23.0 Å². The molecular weight excluding hydrogens is 384 g/mol. The number of hydrogen-bond acceptors (Lipinski definition) is 6. The first-order chi connectivity index (χ1) is 14.0. The van der Waals surface area contributed by atoms with Gasteiger partial charge in [-0.05, 0) is 32.4 Å². The fourth-order valence-corrected chi connectivity index (χ4v) is 3.42. The molecule has 0 unspecified atom stereocenters. The van der Waals surface area contributed by atoms with Crippen molar-refractivity contribution in [2.45, 2.75) is 52.4 Å². The third kappa shape index (κ3) is 3.87. The lowest BCUT2D eigenvalue weighted by Crippen LogP contribution is -2.39. The van der Waals surface area contributed by atoms with Crippen LogP contribution < -0.4 is 4.74 Å². The highest BCUT2D eigenvalue weighted by Gasteiger charge is 2.34. The molecule has 0 N–H and O–H groups in total. The van der Waals surface area contributed by atoms with E-state index in [2.05, 4.69) is 4.98 Å². The third-order valence-corrected chi connectivity index (χ3v) is 4.59. The lowest BCUT2D eigenvalue weighted by atomic mass is 10.1. The Morgan fingerprint density at radius 1 is 1.20 bits per heavy atom. The minimum Gasteiger partial charge on any atom is -0.452 e. The monoisotopic (exact) mass is 408 g/mol. The molecule has 1 aliphatic rings. The van der Waals surface area contributed by atoms with Crippen molar-refractivity contribution in [2.24, 2.45) is 0 Å². The summed E-state index contributed by atoms with van der Waals surface area (Å²) in [5, 5.41) is 0.934. The molecule has 0 amide bonds. The van der Waals surface area contributed by atoms with Gasteiger partial charge in [0.15, 0.2) is 0 Å². The van der Waals surface area contributed by atoms with Crippen LogP contribution in [0, 0.1) is 0 Å². The van der Waals surface area contributed by atoms with Gasteiger partial charge in [0.05, 0.1) is 5.52 Å². The van der Waals surface area contributed by atoms with Crippen LogP contribution in [-0.4, -0.2) is 33.0 Å². The number of cyclic esters (lactones) is 1. The summed E-state index contributed by atoms with van der Waals surface area (Å²) in [6.07, 6.45) is 3.27. The number of nitrogens with zero attached hydrogens (tertiary/aromatic N) is 2. The number of para-hydroxylation sites is 1. The molecule has 30 heavy (non-hydrogen) atoms. The zero-order chi connectivity index (χ0) is 21.7. The van der Waals surface area contributed by atoms with Crippen LogP contribution in [-0.2, 0) is 15.9 Å². The van der Waals surface area contributed by atoms with Gasteiger partial charge in [-0.25, -0.2) is 9.59 Å². The molecule has 0 saturated heterocycles. The van der Waals surface area contributed by atoms with E-state index in [4.69, 9.17) is 14.2 Å². The standard InChI is InChI=1S/C23H24N2O5/c1-22(2,3)30-21(27)25-13-14(16-8-6-7-9-18(16)25)10-15-11-19-17(12-24-15)20(26)29-23(4,5)28-19/h6-9,11-13H,10H2,1-5H3. The predicted octanol–water partition coefficient (Wildman–Crippen LogP) is 4.70. The Labute approximate surface area is 174 Å². The second kappa shape index (κ2) is 6.86. The van der Waals surface area contributed by atoms with Gasteiger partial charge in [-0.15, -0.1) is 0 Å². The molecule has 7 heteroatoms. The van der Waals surface area contributed by atoms with Crippen molar-refractivity contribution in [3.8, 4) is 5.75 Å². The van der Waals surface area contributed by atoms with Crippen molar-refractivity contribution in [3.63, 3.8) is 0 Å². The van der Waals surface area contributed by atoms with Crippen LogP contribution in [0.5, 0.6) is 5.75 Å². The van der Waals surface area contributed by atoms with Gasteiger partial charge in [0.25, 0.3) is 0 Å². The van der Waals surface area contributed by atoms with Gasteiger partial charge >= 0.3 is 12.1 Å². The van der Waals surface area contributed by atoms with E-state index in [-0.39, 0.29) is 0 Å². The Bertz CT molecular complexity index is 1150. The zero-order valence-corrected chi connectivity index (χ0v) is 17.7. The molecule has 7 nitrogen and oxygen atoms in total. The summed E-state index contributed by atoms with van der Waals surface area (Å²) in [4.78, 5) is 29.2. The number of hydrogen-bond donors (Lipinski definition) is 0. The third-order valence-electron chi connectivity index (χ3n) is 4.59. The van der Waals surface area contributed by atoms with Crippen LogP contribution in [0.25, 0.3) is 10.9 Å². The molecule has 156 valence electrons. The summed E-state index contributed by atoms with van der Waals surface area (Å²) in [7, 11) is 0. The maximum atomic E-state index is 12.7. The Hall–Kier alpha value is -3.35. The average molecular weight is 408 g/mol. The number of fused-ring (bicyclic) bond motifs is 2. The van der Waals surface area contributed by atoms with E-state index in [1.807, 2.05) is 45.0 Å². The highest BCUT2D eigenvalue weighted by atomic mass is 16.7. The lowest BCUT2D eigenvalue weighted by Gasteiger charge is -2.31. The molecule has 1 aliphatic heterocycles. The molecule has 4 rings (SSSR count). The summed E-state index contributed by atoms with van der Waals surface area (Å²) < 4.78 is 18.1. The van der Waals surface area contributed by atoms with Crippen LogP contribution in [0.4, 0.5) is 4.79 Å². The summed E-state index contributed by atoms with van der Waals surface area (Å²) in [5.74, 6) is -1.05. The van der Waals surface area contributed by atoms with Gasteiger partial charge in [0.2, 0.25) is 5.79 Å². The summed E-state index contributed by atoms with van der Waals surface area (Å²) >= 11 is 0. The maximum Gasteiger partial charge on any atom is 0.419 e. The number of rotatable bonds is 2. The highest BCUT2D eigenvalue weighted by Crippen LogP contribution is 2.32. The average Bonchev–Trinajstić information content (AvgIpc) is 2.98. The van der Waals surface area contributed by atoms with Gasteiger partial charge in [0.1, 0.15) is 16.9 Å². The number of benzene rings is 1. The van der Waals surface area contributed by atoms with E-state index in [9.17, 15) is 9.59 Å². The van der Waals surface area contributed by atoms with E-state index in [1.54, 1.807) is 26.1 Å². The van der Waals surface area contributed by atoms with E-state index >= 15 is 0 Å². The summed E-state index contributed by atoms with van der Waals surface area (Å²) in [5.41, 5.74) is 2.10. The lowest BCUT2D eigenvalue weighted by molar-refractivity contribution is -0.127. The SMILES string of the molecule is CC(C)(C)OC(=O)n1cc(Cc2cc3c(cn2)C(=O)OC(C)(C)O3)c2ccccc21. The quantitative estimate of drug-likeness (QED) is 0.572. The van der Waals surface area contributed by atoms with Crippen LogP contribution in [0.15, 0.2) is 42.7 Å². The number of pyridine rings is 1. The van der Waals surface area contributed by atoms with E-state index in [0.717, 1.165) is 16.5 Å². The van der Waals surface area contributed by atoms with Crippen LogP contribution in [0.1, 0.15) is 56.2 Å². The smallest absolute Gasteiger partial charge is 0.419 e. The van der Waals surface area contributed by atoms with Crippen LogP contribution in [0.2, 0.25) is 0 Å². The van der Waals surface area contributed by atoms with Crippen molar-refractivity contribution in [3.05, 3.63) is 59.5 Å². The number of carbonyl (C=O) groups excluding carboxylic acids is 2. The molecule has 0 atom stereocenters. The van der Waals surface area contributed by atoms with Gasteiger partial charge in [-0.3, -0.25) is 9.55 Å². The predicted molar refractivity (Wildman–Crippen MR) is 111 cm³/mol. The van der Waals surface area contributed by atoms with Gasteiger partial charge in [-0.2, -0.15) is 0 Å². The fourth-order valence-electron chi connectivity index (χ4n) is 3.42. The van der Waals surface area contributed by atoms with Crippen LogP contribution >= 0.6 is 0 Å². The minimum absolute atomic E-state index is 0.300. The summed E-state index contributed by atoms with van der Waals surface area (Å²) in [6, 6.07) is 9.39. The Balaban J connectivity index is 1.70. The van der Waals surface area contributed by atoms with Gasteiger partial charge in [0, 0.05) is 49.8 Å². The Kier molecular flexibility index (Phi) is 4.56. The molecule has 2 aromatic heterocycles. The van der Waals surface area contributed by atoms with E-state index in [0.29, 0.717) is 23.4 Å². The highest BCUT2D eigenvalue weighted by molar-refractivity contribution is 5.94. The molecule has 0 saturated carbocycles. The zero-order valence-electron chi connectivity index (χ0n) is 17.7. The molecule has 0 fully saturated rings. The molecule has 1 aromatic carbocycles. The normalized spacial score (nSPS) is 15.3. The summed E-state index contributed by atoms with van der Waals surface area (Å²) in [6.45, 7) is 8.87. The van der Waals surface area contributed by atoms with E-state index in [1.165, 1.54) is 10.8 Å². The molecule has 3 heterocycles. The minimum atomic E-state index is -1.03. The molecule has 0 radical (unpaired) electrons. The van der Waals surface area contributed by atoms with Crippen molar-refractivity contribution in [2.75, 3.05) is 0 Å². The van der Waals surface area contributed by atoms with Crippen molar-refractivity contribution in [1.82, 2.24) is 9.55 Å². The number of carbonyl (C=O) groups is 2.